The number of aromatic nitrogens is 1. The second-order valence-corrected chi connectivity index (χ2v) is 5.60. The highest BCUT2D eigenvalue weighted by Crippen LogP contribution is 2.32. The van der Waals surface area contributed by atoms with Gasteiger partial charge in [-0.05, 0) is 31.7 Å². The summed E-state index contributed by atoms with van der Waals surface area (Å²) in [5.74, 6) is 0.0794. The van der Waals surface area contributed by atoms with Crippen molar-refractivity contribution in [3.8, 4) is 0 Å². The Bertz CT molecular complexity index is 463. The van der Waals surface area contributed by atoms with E-state index in [1.807, 2.05) is 17.0 Å². The number of aliphatic hydroxyl groups is 1. The first-order chi connectivity index (χ1) is 9.69. The highest BCUT2D eigenvalue weighted by molar-refractivity contribution is 5.81. The molecule has 2 saturated heterocycles. The van der Waals surface area contributed by atoms with Crippen LogP contribution in [0.15, 0.2) is 24.5 Å². The normalized spacial score (nSPS) is 25.6. The minimum absolute atomic E-state index is 0.0794. The lowest BCUT2D eigenvalue weighted by molar-refractivity contribution is -0.145. The Hall–Kier alpha value is -1.46. The van der Waals surface area contributed by atoms with Gasteiger partial charge in [0.05, 0.1) is 5.60 Å². The van der Waals surface area contributed by atoms with Crippen LogP contribution < -0.4 is 0 Å². The summed E-state index contributed by atoms with van der Waals surface area (Å²) in [7, 11) is 0. The van der Waals surface area contributed by atoms with Gasteiger partial charge in [0.25, 0.3) is 5.91 Å². The number of nitrogens with zero attached hydrogens (tertiary/aromatic N) is 2. The molecule has 5 heteroatoms. The second kappa shape index (κ2) is 5.50. The predicted molar refractivity (Wildman–Crippen MR) is 72.9 cm³/mol. The minimum Gasteiger partial charge on any atom is -0.385 e. The fourth-order valence-corrected chi connectivity index (χ4v) is 3.00. The number of amides is 1. The highest BCUT2D eigenvalue weighted by Gasteiger charge is 2.37. The Morgan fingerprint density at radius 2 is 2.25 bits per heavy atom. The van der Waals surface area contributed by atoms with Gasteiger partial charge < -0.3 is 14.7 Å². The summed E-state index contributed by atoms with van der Waals surface area (Å²) in [6.45, 7) is 1.83. The third-order valence-electron chi connectivity index (χ3n) is 4.31. The molecule has 3 heterocycles. The van der Waals surface area contributed by atoms with Crippen LogP contribution in [0.3, 0.4) is 0 Å². The smallest absolute Gasteiger partial charge is 0.251 e. The van der Waals surface area contributed by atoms with E-state index >= 15 is 0 Å². The number of likely N-dealkylation sites (tertiary alicyclic amines) is 1. The van der Waals surface area contributed by atoms with Crippen LogP contribution in [0.2, 0.25) is 0 Å². The molecule has 0 aliphatic carbocycles. The van der Waals surface area contributed by atoms with Crippen LogP contribution in [0.25, 0.3) is 0 Å². The monoisotopic (exact) mass is 276 g/mol. The van der Waals surface area contributed by atoms with E-state index < -0.39 is 5.60 Å². The number of carbonyl (C=O) groups excluding carboxylic acids is 1. The number of hydrogen-bond donors (Lipinski definition) is 1. The largest absolute Gasteiger partial charge is 0.385 e. The fourth-order valence-electron chi connectivity index (χ4n) is 3.00. The summed E-state index contributed by atoms with van der Waals surface area (Å²) in [5, 5.41) is 10.7. The number of rotatable bonds is 2. The molecule has 0 aromatic carbocycles. The zero-order chi connectivity index (χ0) is 14.0. The van der Waals surface area contributed by atoms with Gasteiger partial charge >= 0.3 is 0 Å². The number of ether oxygens (including phenoxy) is 1. The molecule has 1 aromatic heterocycles. The standard InChI is InChI=1S/C15H20N2O3/c18-14(13-4-2-10-20-13)17-8-5-15(19,6-9-17)12-3-1-7-16-11-12/h1,3,7,11,13,19H,2,4-6,8-10H2. The molecule has 1 aromatic rings. The molecule has 20 heavy (non-hydrogen) atoms. The summed E-state index contributed by atoms with van der Waals surface area (Å²) in [6.07, 6.45) is 6.03. The third kappa shape index (κ3) is 2.55. The molecule has 1 amide bonds. The molecule has 108 valence electrons. The van der Waals surface area contributed by atoms with Crippen molar-refractivity contribution in [3.63, 3.8) is 0 Å². The third-order valence-corrected chi connectivity index (χ3v) is 4.31. The highest BCUT2D eigenvalue weighted by atomic mass is 16.5. The average Bonchev–Trinajstić information content (AvgIpc) is 3.02. The van der Waals surface area contributed by atoms with E-state index in [9.17, 15) is 9.90 Å². The summed E-state index contributed by atoms with van der Waals surface area (Å²) in [6, 6.07) is 3.72. The van der Waals surface area contributed by atoms with Crippen molar-refractivity contribution in [2.45, 2.75) is 37.4 Å². The van der Waals surface area contributed by atoms with E-state index in [2.05, 4.69) is 4.98 Å². The molecule has 2 aliphatic rings. The van der Waals surface area contributed by atoms with Gasteiger partial charge in [0.2, 0.25) is 0 Å². The van der Waals surface area contributed by atoms with Crippen molar-refractivity contribution in [3.05, 3.63) is 30.1 Å². The van der Waals surface area contributed by atoms with Crippen LogP contribution in [-0.2, 0) is 15.1 Å². The summed E-state index contributed by atoms with van der Waals surface area (Å²) in [4.78, 5) is 18.1. The molecule has 0 saturated carbocycles. The Morgan fingerprint density at radius 3 is 2.85 bits per heavy atom. The molecule has 3 rings (SSSR count). The minimum atomic E-state index is -0.860. The van der Waals surface area contributed by atoms with Gasteiger partial charge in [0.15, 0.2) is 0 Å². The van der Waals surface area contributed by atoms with Crippen molar-refractivity contribution in [1.29, 1.82) is 0 Å². The number of carbonyl (C=O) groups is 1. The van der Waals surface area contributed by atoms with Crippen LogP contribution in [0.1, 0.15) is 31.2 Å². The van der Waals surface area contributed by atoms with Gasteiger partial charge in [-0.25, -0.2) is 0 Å². The molecule has 5 nitrogen and oxygen atoms in total. The molecule has 0 spiro atoms. The second-order valence-electron chi connectivity index (χ2n) is 5.60. The molecule has 2 fully saturated rings. The van der Waals surface area contributed by atoms with E-state index in [-0.39, 0.29) is 12.0 Å². The van der Waals surface area contributed by atoms with Gasteiger partial charge in [-0.1, -0.05) is 6.07 Å². The molecule has 1 unspecified atom stereocenters. The van der Waals surface area contributed by atoms with Crippen LogP contribution in [0.4, 0.5) is 0 Å². The maximum Gasteiger partial charge on any atom is 0.251 e. The van der Waals surface area contributed by atoms with Crippen molar-refractivity contribution in [2.75, 3.05) is 19.7 Å². The molecule has 1 N–H and O–H groups in total. The summed E-state index contributed by atoms with van der Waals surface area (Å²) in [5.41, 5.74) is -0.0223. The van der Waals surface area contributed by atoms with Crippen molar-refractivity contribution >= 4 is 5.91 Å². The topological polar surface area (TPSA) is 62.7 Å². The van der Waals surface area contributed by atoms with E-state index in [1.165, 1.54) is 0 Å². The van der Waals surface area contributed by atoms with E-state index in [4.69, 9.17) is 4.74 Å². The molecule has 2 aliphatic heterocycles. The first-order valence-electron chi connectivity index (χ1n) is 7.22. The van der Waals surface area contributed by atoms with E-state index in [0.717, 1.165) is 18.4 Å². The molecular formula is C15H20N2O3. The van der Waals surface area contributed by atoms with Gasteiger partial charge in [-0.15, -0.1) is 0 Å². The fraction of sp³-hybridized carbons (Fsp3) is 0.600. The lowest BCUT2D eigenvalue weighted by Crippen LogP contribution is -2.48. The van der Waals surface area contributed by atoms with Crippen LogP contribution in [0, 0.1) is 0 Å². The quantitative estimate of drug-likeness (QED) is 0.877. The predicted octanol–water partition coefficient (Wildman–Crippen LogP) is 1.07. The summed E-state index contributed by atoms with van der Waals surface area (Å²) >= 11 is 0. The van der Waals surface area contributed by atoms with Crippen molar-refractivity contribution in [1.82, 2.24) is 9.88 Å². The van der Waals surface area contributed by atoms with Gasteiger partial charge in [-0.3, -0.25) is 9.78 Å². The van der Waals surface area contributed by atoms with Crippen LogP contribution >= 0.6 is 0 Å². The number of hydrogen-bond acceptors (Lipinski definition) is 4. The first kappa shape index (κ1) is 13.5. The van der Waals surface area contributed by atoms with E-state index in [0.29, 0.717) is 32.5 Å². The van der Waals surface area contributed by atoms with E-state index in [1.54, 1.807) is 12.4 Å². The van der Waals surface area contributed by atoms with Gasteiger partial charge in [0, 0.05) is 37.7 Å². The van der Waals surface area contributed by atoms with Gasteiger partial charge in [0.1, 0.15) is 6.10 Å². The maximum absolute atomic E-state index is 12.3. The molecular weight excluding hydrogens is 256 g/mol. The van der Waals surface area contributed by atoms with Crippen molar-refractivity contribution in [2.24, 2.45) is 0 Å². The average molecular weight is 276 g/mol. The molecule has 0 bridgehead atoms. The molecule has 1 atom stereocenters. The number of piperidine rings is 1. The van der Waals surface area contributed by atoms with Crippen LogP contribution in [-0.4, -0.2) is 46.7 Å². The summed E-state index contributed by atoms with van der Waals surface area (Å²) < 4.78 is 5.44. The Balaban J connectivity index is 1.63. The zero-order valence-electron chi connectivity index (χ0n) is 11.5. The SMILES string of the molecule is O=C(C1CCCO1)N1CCC(O)(c2cccnc2)CC1. The maximum atomic E-state index is 12.3. The lowest BCUT2D eigenvalue weighted by Gasteiger charge is -2.39. The first-order valence-corrected chi connectivity index (χ1v) is 7.22. The Morgan fingerprint density at radius 1 is 1.45 bits per heavy atom. The Kier molecular flexibility index (Phi) is 3.72. The van der Waals surface area contributed by atoms with Crippen molar-refractivity contribution < 1.29 is 14.6 Å². The molecule has 0 radical (unpaired) electrons. The lowest BCUT2D eigenvalue weighted by atomic mass is 9.85. The Labute approximate surface area is 118 Å². The number of pyridine rings is 1. The van der Waals surface area contributed by atoms with Gasteiger partial charge in [-0.2, -0.15) is 0 Å². The van der Waals surface area contributed by atoms with Crippen LogP contribution in [0.5, 0.6) is 0 Å². The zero-order valence-corrected chi connectivity index (χ0v) is 11.5.